The van der Waals surface area contributed by atoms with Crippen molar-refractivity contribution in [2.24, 2.45) is 11.3 Å². The summed E-state index contributed by atoms with van der Waals surface area (Å²) >= 11 is 0. The third-order valence-corrected chi connectivity index (χ3v) is 3.61. The molecule has 0 amide bonds. The van der Waals surface area contributed by atoms with Crippen LogP contribution in [0.4, 0.5) is 0 Å². The average Bonchev–Trinajstić information content (AvgIpc) is 2.30. The zero-order chi connectivity index (χ0) is 12.7. The van der Waals surface area contributed by atoms with E-state index in [1.54, 1.807) is 0 Å². The molecule has 1 fully saturated rings. The molecular formula is C14H27N3. The molecule has 98 valence electrons. The summed E-state index contributed by atoms with van der Waals surface area (Å²) < 4.78 is 0. The fourth-order valence-electron chi connectivity index (χ4n) is 2.46. The van der Waals surface area contributed by atoms with Gasteiger partial charge in [-0.3, -0.25) is 0 Å². The van der Waals surface area contributed by atoms with Crippen LogP contribution in [0.25, 0.3) is 0 Å². The number of piperidine rings is 1. The minimum Gasteiger partial charge on any atom is -0.316 e. The molecule has 1 N–H and O–H groups in total. The van der Waals surface area contributed by atoms with Gasteiger partial charge in [-0.25, -0.2) is 0 Å². The van der Waals surface area contributed by atoms with Gasteiger partial charge in [0.1, 0.15) is 0 Å². The van der Waals surface area contributed by atoms with E-state index in [4.69, 9.17) is 5.26 Å². The van der Waals surface area contributed by atoms with Gasteiger partial charge in [0, 0.05) is 6.54 Å². The van der Waals surface area contributed by atoms with Crippen molar-refractivity contribution in [3.05, 3.63) is 0 Å². The van der Waals surface area contributed by atoms with E-state index in [0.29, 0.717) is 0 Å². The molecule has 1 atom stereocenters. The molecule has 17 heavy (non-hydrogen) atoms. The average molecular weight is 237 g/mol. The Kier molecular flexibility index (Phi) is 5.94. The van der Waals surface area contributed by atoms with E-state index >= 15 is 0 Å². The Morgan fingerprint density at radius 3 is 2.82 bits per heavy atom. The standard InChI is InChI=1S/C14H27N3/c1-14(2,12-15)7-5-9-17(3)11-13-6-4-8-16-10-13/h13,16H,4-11H2,1-3H3. The summed E-state index contributed by atoms with van der Waals surface area (Å²) in [5.41, 5.74) is -0.159. The summed E-state index contributed by atoms with van der Waals surface area (Å²) in [5, 5.41) is 12.4. The predicted octanol–water partition coefficient (Wildman–Crippen LogP) is 2.25. The summed E-state index contributed by atoms with van der Waals surface area (Å²) in [6.07, 6.45) is 4.80. The molecule has 0 aliphatic carbocycles. The van der Waals surface area contributed by atoms with Crippen molar-refractivity contribution in [1.29, 1.82) is 5.26 Å². The number of hydrogen-bond donors (Lipinski definition) is 1. The van der Waals surface area contributed by atoms with Crippen LogP contribution in [-0.4, -0.2) is 38.1 Å². The monoisotopic (exact) mass is 237 g/mol. The Balaban J connectivity index is 2.12. The maximum absolute atomic E-state index is 8.95. The Bertz CT molecular complexity index is 249. The molecule has 0 aromatic heterocycles. The van der Waals surface area contributed by atoms with E-state index in [0.717, 1.165) is 25.3 Å². The van der Waals surface area contributed by atoms with Gasteiger partial charge in [-0.2, -0.15) is 5.26 Å². The molecule has 1 heterocycles. The van der Waals surface area contributed by atoms with E-state index in [2.05, 4.69) is 23.3 Å². The molecule has 0 bridgehead atoms. The van der Waals surface area contributed by atoms with Gasteiger partial charge in [0.05, 0.1) is 11.5 Å². The molecule has 0 aromatic carbocycles. The minimum atomic E-state index is -0.159. The topological polar surface area (TPSA) is 39.1 Å². The third-order valence-electron chi connectivity index (χ3n) is 3.61. The molecule has 1 saturated heterocycles. The van der Waals surface area contributed by atoms with Crippen LogP contribution in [0, 0.1) is 22.7 Å². The first kappa shape index (κ1) is 14.5. The van der Waals surface area contributed by atoms with Crippen molar-refractivity contribution in [2.45, 2.75) is 39.5 Å². The Hall–Kier alpha value is -0.590. The number of hydrogen-bond acceptors (Lipinski definition) is 3. The number of nitrogens with one attached hydrogen (secondary N) is 1. The number of rotatable bonds is 6. The molecule has 3 nitrogen and oxygen atoms in total. The van der Waals surface area contributed by atoms with Crippen LogP contribution in [-0.2, 0) is 0 Å². The van der Waals surface area contributed by atoms with E-state index in [1.165, 1.54) is 32.5 Å². The smallest absolute Gasteiger partial charge is 0.0683 e. The van der Waals surface area contributed by atoms with Crippen molar-refractivity contribution in [3.63, 3.8) is 0 Å². The lowest BCUT2D eigenvalue weighted by Crippen LogP contribution is -2.37. The van der Waals surface area contributed by atoms with Gasteiger partial charge in [-0.15, -0.1) is 0 Å². The minimum absolute atomic E-state index is 0.159. The van der Waals surface area contributed by atoms with E-state index in [9.17, 15) is 0 Å². The molecule has 0 saturated carbocycles. The first-order chi connectivity index (χ1) is 8.03. The molecular weight excluding hydrogens is 210 g/mol. The Morgan fingerprint density at radius 2 is 2.24 bits per heavy atom. The molecule has 0 radical (unpaired) electrons. The fourth-order valence-corrected chi connectivity index (χ4v) is 2.46. The highest BCUT2D eigenvalue weighted by Crippen LogP contribution is 2.20. The molecule has 3 heteroatoms. The molecule has 0 spiro atoms. The second-order valence-electron chi connectivity index (χ2n) is 6.07. The van der Waals surface area contributed by atoms with Crippen LogP contribution in [0.1, 0.15) is 39.5 Å². The first-order valence-corrected chi connectivity index (χ1v) is 6.84. The summed E-state index contributed by atoms with van der Waals surface area (Å²) in [4.78, 5) is 2.42. The van der Waals surface area contributed by atoms with E-state index in [-0.39, 0.29) is 5.41 Å². The van der Waals surface area contributed by atoms with Gasteiger partial charge in [-0.1, -0.05) is 0 Å². The normalized spacial score (nSPS) is 21.5. The summed E-state index contributed by atoms with van der Waals surface area (Å²) in [6, 6.07) is 2.37. The lowest BCUT2D eigenvalue weighted by Gasteiger charge is -2.28. The zero-order valence-electron chi connectivity index (χ0n) is 11.6. The van der Waals surface area contributed by atoms with Crippen LogP contribution in [0.2, 0.25) is 0 Å². The van der Waals surface area contributed by atoms with Crippen molar-refractivity contribution in [2.75, 3.05) is 33.2 Å². The van der Waals surface area contributed by atoms with Crippen molar-refractivity contribution < 1.29 is 0 Å². The maximum Gasteiger partial charge on any atom is 0.0683 e. The highest BCUT2D eigenvalue weighted by atomic mass is 15.1. The Labute approximate surface area is 106 Å². The predicted molar refractivity (Wildman–Crippen MR) is 71.7 cm³/mol. The summed E-state index contributed by atoms with van der Waals surface area (Å²) in [7, 11) is 2.20. The van der Waals surface area contributed by atoms with Crippen LogP contribution in [0.3, 0.4) is 0 Å². The van der Waals surface area contributed by atoms with Gasteiger partial charge in [0.15, 0.2) is 0 Å². The number of nitriles is 1. The highest BCUT2D eigenvalue weighted by Gasteiger charge is 2.18. The van der Waals surface area contributed by atoms with Crippen LogP contribution in [0.15, 0.2) is 0 Å². The largest absolute Gasteiger partial charge is 0.316 e. The van der Waals surface area contributed by atoms with Crippen molar-refractivity contribution >= 4 is 0 Å². The summed E-state index contributed by atoms with van der Waals surface area (Å²) in [6.45, 7) is 8.72. The highest BCUT2D eigenvalue weighted by molar-refractivity contribution is 4.91. The van der Waals surface area contributed by atoms with Crippen molar-refractivity contribution in [3.8, 4) is 6.07 Å². The molecule has 1 aliphatic heterocycles. The van der Waals surface area contributed by atoms with E-state index < -0.39 is 0 Å². The van der Waals surface area contributed by atoms with Gasteiger partial charge < -0.3 is 10.2 Å². The quantitative estimate of drug-likeness (QED) is 0.770. The van der Waals surface area contributed by atoms with Gasteiger partial charge in [0.25, 0.3) is 0 Å². The molecule has 1 rings (SSSR count). The van der Waals surface area contributed by atoms with Crippen LogP contribution < -0.4 is 5.32 Å². The van der Waals surface area contributed by atoms with Gasteiger partial charge >= 0.3 is 0 Å². The van der Waals surface area contributed by atoms with Crippen LogP contribution >= 0.6 is 0 Å². The second kappa shape index (κ2) is 6.98. The van der Waals surface area contributed by atoms with Gasteiger partial charge in [-0.05, 0) is 72.1 Å². The number of nitrogens with zero attached hydrogens (tertiary/aromatic N) is 2. The van der Waals surface area contributed by atoms with Crippen LogP contribution in [0.5, 0.6) is 0 Å². The van der Waals surface area contributed by atoms with Gasteiger partial charge in [0.2, 0.25) is 0 Å². The zero-order valence-corrected chi connectivity index (χ0v) is 11.6. The SMILES string of the molecule is CN(CCCC(C)(C)C#N)CC1CCCNC1. The first-order valence-electron chi connectivity index (χ1n) is 6.84. The second-order valence-corrected chi connectivity index (χ2v) is 6.07. The molecule has 1 unspecified atom stereocenters. The summed E-state index contributed by atoms with van der Waals surface area (Å²) in [5.74, 6) is 0.817. The lowest BCUT2D eigenvalue weighted by atomic mass is 9.90. The lowest BCUT2D eigenvalue weighted by molar-refractivity contribution is 0.233. The van der Waals surface area contributed by atoms with E-state index in [1.807, 2.05) is 13.8 Å². The third kappa shape index (κ3) is 6.05. The van der Waals surface area contributed by atoms with Crippen molar-refractivity contribution in [1.82, 2.24) is 10.2 Å². The fraction of sp³-hybridized carbons (Fsp3) is 0.929. The molecule has 0 aromatic rings. The maximum atomic E-state index is 8.95. The molecule has 1 aliphatic rings. The Morgan fingerprint density at radius 1 is 1.47 bits per heavy atom.